The van der Waals surface area contributed by atoms with Crippen molar-refractivity contribution in [2.45, 2.75) is 31.8 Å². The minimum Gasteiger partial charge on any atom is -0.374 e. The number of aromatic nitrogens is 3. The summed E-state index contributed by atoms with van der Waals surface area (Å²) in [6, 6.07) is 4.31. The fraction of sp³-hybridized carbons (Fsp3) is 0.333. The third kappa shape index (κ3) is 4.24. The standard InChI is InChI=1S/C21H22Cl2FN5O/c1-12(19-16(22)2-3-17(24)20(19)23)28-18-8-13(9-26-21(18)30)14-10-27-29(11-14)15-4-6-25-7-5-15/h2-3,8-12,15,25,28H,4-7H2,1H3,(H,26,30). The summed E-state index contributed by atoms with van der Waals surface area (Å²) >= 11 is 12.3. The van der Waals surface area contributed by atoms with Crippen molar-refractivity contribution >= 4 is 28.9 Å². The molecule has 4 rings (SSSR count). The molecular formula is C21H22Cl2FN5O. The van der Waals surface area contributed by atoms with Crippen LogP contribution in [0.5, 0.6) is 0 Å². The van der Waals surface area contributed by atoms with Crippen LogP contribution in [-0.4, -0.2) is 27.9 Å². The van der Waals surface area contributed by atoms with Crippen LogP contribution >= 0.6 is 23.2 Å². The maximum Gasteiger partial charge on any atom is 0.271 e. The first-order valence-corrected chi connectivity index (χ1v) is 10.6. The van der Waals surface area contributed by atoms with Crippen LogP contribution in [0.3, 0.4) is 0 Å². The SMILES string of the molecule is CC(Nc1cc(-c2cnn(C3CCNCC3)c2)c[nH]c1=O)c1c(Cl)ccc(F)c1Cl. The fourth-order valence-corrected chi connectivity index (χ4v) is 4.46. The maximum absolute atomic E-state index is 13.9. The van der Waals surface area contributed by atoms with Gasteiger partial charge in [-0.1, -0.05) is 23.2 Å². The molecule has 1 saturated heterocycles. The van der Waals surface area contributed by atoms with Crippen LogP contribution in [0.2, 0.25) is 10.0 Å². The Morgan fingerprint density at radius 1 is 1.27 bits per heavy atom. The third-order valence-corrected chi connectivity index (χ3v) is 6.12. The molecule has 0 bridgehead atoms. The smallest absolute Gasteiger partial charge is 0.271 e. The van der Waals surface area contributed by atoms with E-state index in [9.17, 15) is 9.18 Å². The number of H-pyrrole nitrogens is 1. The Hall–Kier alpha value is -2.35. The van der Waals surface area contributed by atoms with E-state index in [4.69, 9.17) is 23.2 Å². The quantitative estimate of drug-likeness (QED) is 0.489. The molecule has 0 spiro atoms. The first kappa shape index (κ1) is 20.9. The largest absolute Gasteiger partial charge is 0.374 e. The Morgan fingerprint density at radius 2 is 2.03 bits per heavy atom. The molecule has 30 heavy (non-hydrogen) atoms. The van der Waals surface area contributed by atoms with Crippen molar-refractivity contribution in [3.8, 4) is 11.1 Å². The zero-order valence-electron chi connectivity index (χ0n) is 16.4. The van der Waals surface area contributed by atoms with Gasteiger partial charge >= 0.3 is 0 Å². The highest BCUT2D eigenvalue weighted by molar-refractivity contribution is 6.36. The topological polar surface area (TPSA) is 74.7 Å². The number of hydrogen-bond acceptors (Lipinski definition) is 4. The maximum atomic E-state index is 13.9. The molecule has 0 aliphatic carbocycles. The van der Waals surface area contributed by atoms with E-state index in [0.29, 0.717) is 22.3 Å². The first-order chi connectivity index (χ1) is 14.4. The lowest BCUT2D eigenvalue weighted by molar-refractivity contribution is 0.343. The van der Waals surface area contributed by atoms with E-state index >= 15 is 0 Å². The van der Waals surface area contributed by atoms with Crippen molar-refractivity contribution in [2.75, 3.05) is 18.4 Å². The second-order valence-corrected chi connectivity index (χ2v) is 8.23. The molecule has 0 saturated carbocycles. The molecule has 158 valence electrons. The van der Waals surface area contributed by atoms with E-state index in [1.165, 1.54) is 12.1 Å². The first-order valence-electron chi connectivity index (χ1n) is 9.82. The molecule has 3 N–H and O–H groups in total. The minimum absolute atomic E-state index is 0.0571. The van der Waals surface area contributed by atoms with Crippen molar-refractivity contribution in [3.05, 3.63) is 68.6 Å². The zero-order chi connectivity index (χ0) is 21.3. The predicted octanol–water partition coefficient (Wildman–Crippen LogP) is 4.78. The monoisotopic (exact) mass is 449 g/mol. The van der Waals surface area contributed by atoms with E-state index in [-0.39, 0.29) is 10.6 Å². The lowest BCUT2D eigenvalue weighted by Gasteiger charge is -2.22. The molecule has 1 atom stereocenters. The number of piperidine rings is 1. The molecule has 2 aromatic heterocycles. The lowest BCUT2D eigenvalue weighted by atomic mass is 10.1. The number of nitrogens with zero attached hydrogens (tertiary/aromatic N) is 2. The van der Waals surface area contributed by atoms with Gasteiger partial charge in [-0.05, 0) is 51.1 Å². The summed E-state index contributed by atoms with van der Waals surface area (Å²) in [5, 5.41) is 11.2. The molecule has 0 amide bonds. The lowest BCUT2D eigenvalue weighted by Crippen LogP contribution is -2.29. The second kappa shape index (κ2) is 8.79. The van der Waals surface area contributed by atoms with Crippen molar-refractivity contribution < 1.29 is 4.39 Å². The molecule has 6 nitrogen and oxygen atoms in total. The van der Waals surface area contributed by atoms with Crippen LogP contribution in [-0.2, 0) is 0 Å². The molecule has 1 fully saturated rings. The Labute approximate surface area is 183 Å². The van der Waals surface area contributed by atoms with Gasteiger partial charge in [0, 0.05) is 34.1 Å². The van der Waals surface area contributed by atoms with E-state index in [1.54, 1.807) is 25.4 Å². The number of nitrogens with one attached hydrogen (secondary N) is 3. The molecule has 9 heteroatoms. The van der Waals surface area contributed by atoms with Crippen molar-refractivity contribution in [3.63, 3.8) is 0 Å². The van der Waals surface area contributed by atoms with Crippen LogP contribution in [0.25, 0.3) is 11.1 Å². The van der Waals surface area contributed by atoms with E-state index in [1.807, 2.05) is 10.9 Å². The van der Waals surface area contributed by atoms with Crippen molar-refractivity contribution in [1.29, 1.82) is 0 Å². The van der Waals surface area contributed by atoms with E-state index in [2.05, 4.69) is 20.7 Å². The summed E-state index contributed by atoms with van der Waals surface area (Å²) in [6.45, 7) is 3.74. The Balaban J connectivity index is 1.59. The summed E-state index contributed by atoms with van der Waals surface area (Å²) in [7, 11) is 0. The number of rotatable bonds is 5. The van der Waals surface area contributed by atoms with Crippen LogP contribution in [0.15, 0.2) is 41.6 Å². The number of benzene rings is 1. The van der Waals surface area contributed by atoms with Crippen LogP contribution in [0, 0.1) is 5.82 Å². The zero-order valence-corrected chi connectivity index (χ0v) is 17.9. The second-order valence-electron chi connectivity index (χ2n) is 7.44. The normalized spacial score (nSPS) is 15.9. The Kier molecular flexibility index (Phi) is 6.13. The molecule has 0 radical (unpaired) electrons. The van der Waals surface area contributed by atoms with Gasteiger partial charge in [0.2, 0.25) is 0 Å². The summed E-state index contributed by atoms with van der Waals surface area (Å²) in [5.41, 5.74) is 2.18. The molecule has 1 aromatic carbocycles. The van der Waals surface area contributed by atoms with Crippen LogP contribution < -0.4 is 16.2 Å². The number of aromatic amines is 1. The molecule has 1 aliphatic heterocycles. The van der Waals surface area contributed by atoms with Gasteiger partial charge in [-0.25, -0.2) is 4.39 Å². The molecule has 3 aromatic rings. The molecule has 1 unspecified atom stereocenters. The van der Waals surface area contributed by atoms with Gasteiger partial charge in [0.25, 0.3) is 5.56 Å². The highest BCUT2D eigenvalue weighted by atomic mass is 35.5. The van der Waals surface area contributed by atoms with Crippen LogP contribution in [0.1, 0.15) is 37.4 Å². The van der Waals surface area contributed by atoms with E-state index in [0.717, 1.165) is 37.1 Å². The molecular weight excluding hydrogens is 428 g/mol. The van der Waals surface area contributed by atoms with Gasteiger partial charge in [0.05, 0.1) is 23.3 Å². The number of halogens is 3. The summed E-state index contributed by atoms with van der Waals surface area (Å²) in [5.74, 6) is -0.558. The van der Waals surface area contributed by atoms with E-state index < -0.39 is 11.9 Å². The average molecular weight is 450 g/mol. The van der Waals surface area contributed by atoms with Gasteiger partial charge in [-0.15, -0.1) is 0 Å². The Bertz CT molecular complexity index is 1110. The summed E-state index contributed by atoms with van der Waals surface area (Å²) in [6.07, 6.45) is 7.52. The summed E-state index contributed by atoms with van der Waals surface area (Å²) in [4.78, 5) is 15.1. The highest BCUT2D eigenvalue weighted by Gasteiger charge is 2.19. The van der Waals surface area contributed by atoms with Gasteiger partial charge in [0.15, 0.2) is 0 Å². The van der Waals surface area contributed by atoms with Gasteiger partial charge in [0.1, 0.15) is 11.5 Å². The van der Waals surface area contributed by atoms with Crippen molar-refractivity contribution in [1.82, 2.24) is 20.1 Å². The number of hydrogen-bond donors (Lipinski definition) is 3. The van der Waals surface area contributed by atoms with Crippen LogP contribution in [0.4, 0.5) is 10.1 Å². The molecule has 1 aliphatic rings. The third-order valence-electron chi connectivity index (χ3n) is 5.41. The number of pyridine rings is 1. The number of anilines is 1. The highest BCUT2D eigenvalue weighted by Crippen LogP contribution is 2.34. The predicted molar refractivity (Wildman–Crippen MR) is 118 cm³/mol. The minimum atomic E-state index is -0.558. The van der Waals surface area contributed by atoms with Crippen molar-refractivity contribution in [2.24, 2.45) is 0 Å². The summed E-state index contributed by atoms with van der Waals surface area (Å²) < 4.78 is 15.9. The van der Waals surface area contributed by atoms with Gasteiger partial charge in [-0.2, -0.15) is 5.10 Å². The van der Waals surface area contributed by atoms with Gasteiger partial charge < -0.3 is 15.6 Å². The van der Waals surface area contributed by atoms with Gasteiger partial charge in [-0.3, -0.25) is 9.48 Å². The Morgan fingerprint density at radius 3 is 2.80 bits per heavy atom. The fourth-order valence-electron chi connectivity index (χ4n) is 3.76. The molecule has 3 heterocycles. The average Bonchev–Trinajstić information content (AvgIpc) is 3.24.